The van der Waals surface area contributed by atoms with E-state index in [9.17, 15) is 0 Å². The first kappa shape index (κ1) is 16.5. The van der Waals surface area contributed by atoms with Gasteiger partial charge in [-0.05, 0) is 24.8 Å². The van der Waals surface area contributed by atoms with Crippen molar-refractivity contribution < 1.29 is 0 Å². The number of thiocarbonyl (C=S) groups is 1. The van der Waals surface area contributed by atoms with Gasteiger partial charge in [0.1, 0.15) is 17.8 Å². The zero-order valence-corrected chi connectivity index (χ0v) is 16.1. The second-order valence-corrected chi connectivity index (χ2v) is 8.81. The molecule has 5 rings (SSSR count). The Kier molecular flexibility index (Phi) is 4.11. The summed E-state index contributed by atoms with van der Waals surface area (Å²) in [5, 5.41) is 1.13. The normalized spacial score (nSPS) is 22.9. The van der Waals surface area contributed by atoms with E-state index in [0.717, 1.165) is 48.8 Å². The van der Waals surface area contributed by atoms with Crippen molar-refractivity contribution in [3.63, 3.8) is 0 Å². The summed E-state index contributed by atoms with van der Waals surface area (Å²) in [7, 11) is 0. The van der Waals surface area contributed by atoms with Crippen molar-refractivity contribution in [2.24, 2.45) is 5.92 Å². The summed E-state index contributed by atoms with van der Waals surface area (Å²) in [4.78, 5) is 18.4. The molecule has 1 N–H and O–H groups in total. The van der Waals surface area contributed by atoms with Crippen molar-refractivity contribution in [3.05, 3.63) is 18.6 Å². The monoisotopic (exact) mass is 369 g/mol. The molecule has 0 unspecified atom stereocenters. The number of fused-ring (bicyclic) bond motifs is 1. The van der Waals surface area contributed by atoms with Crippen molar-refractivity contribution >= 4 is 34.1 Å². The van der Waals surface area contributed by atoms with Crippen LogP contribution in [0.1, 0.15) is 51.4 Å². The van der Waals surface area contributed by atoms with Crippen LogP contribution in [0.25, 0.3) is 11.0 Å². The maximum atomic E-state index is 5.94. The number of anilines is 1. The minimum absolute atomic E-state index is 0.261. The van der Waals surface area contributed by atoms with Crippen LogP contribution in [0.5, 0.6) is 0 Å². The first-order chi connectivity index (χ1) is 12.8. The van der Waals surface area contributed by atoms with Gasteiger partial charge in [-0.2, -0.15) is 0 Å². The first-order valence-electron chi connectivity index (χ1n) is 10.1. The lowest BCUT2D eigenvalue weighted by Gasteiger charge is -2.45. The van der Waals surface area contributed by atoms with E-state index in [0.29, 0.717) is 0 Å². The molecule has 0 atom stereocenters. The highest BCUT2D eigenvalue weighted by atomic mass is 32.1. The highest BCUT2D eigenvalue weighted by molar-refractivity contribution is 7.80. The van der Waals surface area contributed by atoms with Crippen molar-refractivity contribution in [2.75, 3.05) is 24.5 Å². The predicted molar refractivity (Wildman–Crippen MR) is 109 cm³/mol. The molecule has 3 fully saturated rings. The van der Waals surface area contributed by atoms with Crippen LogP contribution >= 0.6 is 12.2 Å². The Balaban J connectivity index is 1.31. The van der Waals surface area contributed by atoms with Crippen LogP contribution in [0.15, 0.2) is 18.6 Å². The average Bonchev–Trinajstić information content (AvgIpc) is 3.24. The zero-order valence-electron chi connectivity index (χ0n) is 15.3. The molecule has 138 valence electrons. The number of nitrogens with zero attached hydrogens (tertiary/aromatic N) is 4. The molecule has 0 aromatic carbocycles. The van der Waals surface area contributed by atoms with E-state index in [2.05, 4.69) is 30.8 Å². The summed E-state index contributed by atoms with van der Waals surface area (Å²) >= 11 is 5.94. The van der Waals surface area contributed by atoms with Crippen LogP contribution in [0, 0.1) is 5.92 Å². The number of piperazine rings is 1. The van der Waals surface area contributed by atoms with Crippen molar-refractivity contribution in [3.8, 4) is 0 Å². The second-order valence-electron chi connectivity index (χ2n) is 8.34. The van der Waals surface area contributed by atoms with Crippen molar-refractivity contribution in [1.29, 1.82) is 0 Å². The summed E-state index contributed by atoms with van der Waals surface area (Å²) in [6.45, 7) is 3.06. The molecule has 26 heavy (non-hydrogen) atoms. The summed E-state index contributed by atoms with van der Waals surface area (Å²) in [6.07, 6.45) is 14.2. The third-order valence-electron chi connectivity index (χ3n) is 6.60. The molecular formula is C20H27N5S. The zero-order chi connectivity index (χ0) is 17.6. The minimum atomic E-state index is 0.261. The third-order valence-corrected chi connectivity index (χ3v) is 6.99. The summed E-state index contributed by atoms with van der Waals surface area (Å²) < 4.78 is 0. The van der Waals surface area contributed by atoms with E-state index in [1.807, 2.05) is 6.20 Å². The molecule has 0 bridgehead atoms. The number of hydrogen-bond donors (Lipinski definition) is 1. The van der Waals surface area contributed by atoms with Crippen molar-refractivity contribution in [1.82, 2.24) is 19.9 Å². The molecule has 3 aliphatic rings. The Morgan fingerprint density at radius 2 is 2.04 bits per heavy atom. The SMILES string of the molecule is S=C(CC1CCCCC1)N1CCN(c2ncnc3[nH]ccc23)CC12CC2. The van der Waals surface area contributed by atoms with Crippen LogP contribution < -0.4 is 4.90 Å². The third kappa shape index (κ3) is 2.88. The number of hydrogen-bond acceptors (Lipinski definition) is 4. The Hall–Kier alpha value is -1.69. The Bertz CT molecular complexity index is 805. The van der Waals surface area contributed by atoms with E-state index < -0.39 is 0 Å². The molecule has 0 amide bonds. The van der Waals surface area contributed by atoms with Crippen LogP contribution in [0.2, 0.25) is 0 Å². The number of aromatic amines is 1. The van der Waals surface area contributed by atoms with E-state index in [-0.39, 0.29) is 5.54 Å². The summed E-state index contributed by atoms with van der Waals surface area (Å²) in [5.41, 5.74) is 1.19. The van der Waals surface area contributed by atoms with Gasteiger partial charge in [0.2, 0.25) is 0 Å². The Morgan fingerprint density at radius 1 is 1.19 bits per heavy atom. The van der Waals surface area contributed by atoms with Gasteiger partial charge in [-0.25, -0.2) is 9.97 Å². The van der Waals surface area contributed by atoms with Gasteiger partial charge in [0.05, 0.1) is 15.9 Å². The lowest BCUT2D eigenvalue weighted by molar-refractivity contribution is 0.251. The number of nitrogens with one attached hydrogen (secondary N) is 1. The smallest absolute Gasteiger partial charge is 0.142 e. The molecule has 2 aliphatic carbocycles. The number of aromatic nitrogens is 3. The molecule has 1 spiro atoms. The molecule has 3 heterocycles. The first-order valence-corrected chi connectivity index (χ1v) is 10.5. The highest BCUT2D eigenvalue weighted by Gasteiger charge is 2.52. The van der Waals surface area contributed by atoms with Gasteiger partial charge in [-0.1, -0.05) is 44.3 Å². The fourth-order valence-corrected chi connectivity index (χ4v) is 5.50. The molecule has 1 aliphatic heterocycles. The second kappa shape index (κ2) is 6.48. The van der Waals surface area contributed by atoms with Gasteiger partial charge in [-0.15, -0.1) is 0 Å². The van der Waals surface area contributed by atoms with Crippen LogP contribution in [-0.2, 0) is 0 Å². The highest BCUT2D eigenvalue weighted by Crippen LogP contribution is 2.46. The maximum absolute atomic E-state index is 5.94. The van der Waals surface area contributed by atoms with Crippen LogP contribution in [-0.4, -0.2) is 50.0 Å². The lowest BCUT2D eigenvalue weighted by Crippen LogP contribution is -2.57. The van der Waals surface area contributed by atoms with Crippen LogP contribution in [0.4, 0.5) is 5.82 Å². The molecule has 5 nitrogen and oxygen atoms in total. The van der Waals surface area contributed by atoms with Crippen LogP contribution in [0.3, 0.4) is 0 Å². The number of H-pyrrole nitrogens is 1. The van der Waals surface area contributed by atoms with Crippen molar-refractivity contribution in [2.45, 2.75) is 56.9 Å². The van der Waals surface area contributed by atoms with Gasteiger partial charge in [-0.3, -0.25) is 0 Å². The molecule has 2 saturated carbocycles. The molecule has 2 aromatic rings. The lowest BCUT2D eigenvalue weighted by atomic mass is 9.86. The topological polar surface area (TPSA) is 48.1 Å². The van der Waals surface area contributed by atoms with Gasteiger partial charge in [0.15, 0.2) is 0 Å². The number of rotatable bonds is 3. The van der Waals surface area contributed by atoms with E-state index in [1.165, 1.54) is 49.9 Å². The average molecular weight is 370 g/mol. The fraction of sp³-hybridized carbons (Fsp3) is 0.650. The van der Waals surface area contributed by atoms with E-state index in [1.54, 1.807) is 6.33 Å². The molecule has 0 radical (unpaired) electrons. The molecular weight excluding hydrogens is 342 g/mol. The quantitative estimate of drug-likeness (QED) is 0.831. The van der Waals surface area contributed by atoms with E-state index >= 15 is 0 Å². The van der Waals surface area contributed by atoms with Gasteiger partial charge >= 0.3 is 0 Å². The maximum Gasteiger partial charge on any atom is 0.142 e. The minimum Gasteiger partial charge on any atom is -0.357 e. The predicted octanol–water partition coefficient (Wildman–Crippen LogP) is 3.91. The molecule has 1 saturated heterocycles. The fourth-order valence-electron chi connectivity index (χ4n) is 4.98. The molecule has 2 aromatic heterocycles. The largest absolute Gasteiger partial charge is 0.357 e. The summed E-state index contributed by atoms with van der Waals surface area (Å²) in [6, 6.07) is 2.09. The standard InChI is InChI=1S/C20H27N5S/c26-17(12-15-4-2-1-3-5-15)25-11-10-24(13-20(25)7-8-20)19-16-6-9-21-18(16)22-14-23-19/h6,9,14-15H,1-5,7-8,10-13H2,(H,21,22,23). The summed E-state index contributed by atoms with van der Waals surface area (Å²) in [5.74, 6) is 1.90. The molecule has 6 heteroatoms. The van der Waals surface area contributed by atoms with E-state index in [4.69, 9.17) is 12.2 Å². The van der Waals surface area contributed by atoms with Gasteiger partial charge in [0, 0.05) is 32.3 Å². The van der Waals surface area contributed by atoms with Gasteiger partial charge in [0.25, 0.3) is 0 Å². The van der Waals surface area contributed by atoms with Gasteiger partial charge < -0.3 is 14.8 Å². The Morgan fingerprint density at radius 3 is 2.85 bits per heavy atom. The Labute approximate surface area is 160 Å².